The van der Waals surface area contributed by atoms with Crippen molar-refractivity contribution in [2.75, 3.05) is 0 Å². The van der Waals surface area contributed by atoms with Gasteiger partial charge >= 0.3 is 0 Å². The molecule has 0 saturated carbocycles. The minimum Gasteiger partial charge on any atom is -0.260 e. The van der Waals surface area contributed by atoms with E-state index in [1.165, 1.54) is 6.08 Å². The molecule has 1 unspecified atom stereocenters. The summed E-state index contributed by atoms with van der Waals surface area (Å²) in [6.45, 7) is 1.95. The summed E-state index contributed by atoms with van der Waals surface area (Å²) in [5.41, 5.74) is -0.0851. The minimum atomic E-state index is -2.41. The highest BCUT2D eigenvalue weighted by molar-refractivity contribution is 5.63. The van der Waals surface area contributed by atoms with Crippen LogP contribution in [0.15, 0.2) is 16.8 Å². The Morgan fingerprint density at radius 3 is 2.80 bits per heavy atom. The molecule has 0 saturated heterocycles. The summed E-state index contributed by atoms with van der Waals surface area (Å²) in [6.07, 6.45) is 1.34. The molecule has 3 heteroatoms. The van der Waals surface area contributed by atoms with Crippen LogP contribution in [0.2, 0.25) is 0 Å². The van der Waals surface area contributed by atoms with Gasteiger partial charge in [-0.3, -0.25) is 4.99 Å². The molecule has 1 aliphatic rings. The molecular weight excluding hydrogens is 136 g/mol. The van der Waals surface area contributed by atoms with Gasteiger partial charge in [0.1, 0.15) is 5.70 Å². The molecule has 0 aromatic heterocycles. The summed E-state index contributed by atoms with van der Waals surface area (Å²) in [6, 6.07) is 0. The summed E-state index contributed by atoms with van der Waals surface area (Å²) in [4.78, 5) is 3.60. The largest absolute Gasteiger partial charge is 0.280 e. The maximum Gasteiger partial charge on any atom is 0.280 e. The summed E-state index contributed by atoms with van der Waals surface area (Å²) < 4.78 is 23.7. The molecule has 1 nitrogen and oxygen atoms in total. The van der Waals surface area contributed by atoms with Crippen molar-refractivity contribution in [3.63, 3.8) is 0 Å². The van der Waals surface area contributed by atoms with E-state index in [1.807, 2.05) is 6.92 Å². The molecule has 0 aliphatic carbocycles. The lowest BCUT2D eigenvalue weighted by Crippen LogP contribution is -2.04. The van der Waals surface area contributed by atoms with E-state index in [0.29, 0.717) is 12.3 Å². The Morgan fingerprint density at radius 1 is 1.70 bits per heavy atom. The van der Waals surface area contributed by atoms with Gasteiger partial charge in [-0.2, -0.15) is 0 Å². The lowest BCUT2D eigenvalue weighted by molar-refractivity contribution is 0.187. The van der Waals surface area contributed by atoms with E-state index in [-0.39, 0.29) is 5.70 Å². The van der Waals surface area contributed by atoms with Gasteiger partial charge in [0.15, 0.2) is 0 Å². The van der Waals surface area contributed by atoms with E-state index >= 15 is 0 Å². The molecule has 1 rings (SSSR count). The van der Waals surface area contributed by atoms with Gasteiger partial charge < -0.3 is 0 Å². The third-order valence-corrected chi connectivity index (χ3v) is 1.40. The fraction of sp³-hybridized carbons (Fsp3) is 0.571. The second-order valence-corrected chi connectivity index (χ2v) is 2.42. The van der Waals surface area contributed by atoms with E-state index in [1.54, 1.807) is 6.21 Å². The van der Waals surface area contributed by atoms with Crippen LogP contribution in [0.1, 0.15) is 13.3 Å². The topological polar surface area (TPSA) is 12.4 Å². The Kier molecular flexibility index (Phi) is 2.14. The highest BCUT2D eigenvalue weighted by atomic mass is 19.3. The Labute approximate surface area is 58.5 Å². The van der Waals surface area contributed by atoms with Crippen molar-refractivity contribution in [2.24, 2.45) is 10.9 Å². The number of aliphatic imine (C=N–C) groups is 1. The van der Waals surface area contributed by atoms with Gasteiger partial charge in [0.25, 0.3) is 6.43 Å². The van der Waals surface area contributed by atoms with Crippen LogP contribution in [0, 0.1) is 5.92 Å². The molecule has 0 radical (unpaired) electrons. The smallest absolute Gasteiger partial charge is 0.260 e. The molecule has 0 aromatic carbocycles. The predicted molar refractivity (Wildman–Crippen MR) is 36.4 cm³/mol. The summed E-state index contributed by atoms with van der Waals surface area (Å²) >= 11 is 0. The maximum atomic E-state index is 11.9. The van der Waals surface area contributed by atoms with Gasteiger partial charge in [0.2, 0.25) is 0 Å². The van der Waals surface area contributed by atoms with E-state index < -0.39 is 6.43 Å². The Bertz CT molecular complexity index is 172. The minimum absolute atomic E-state index is 0.0851. The number of rotatable bonds is 1. The molecule has 0 N–H and O–H groups in total. The number of allylic oxidation sites excluding steroid dienone is 2. The van der Waals surface area contributed by atoms with Crippen molar-refractivity contribution in [1.82, 2.24) is 0 Å². The summed E-state index contributed by atoms with van der Waals surface area (Å²) in [7, 11) is 0. The van der Waals surface area contributed by atoms with Crippen LogP contribution >= 0.6 is 0 Å². The van der Waals surface area contributed by atoms with Crippen LogP contribution in [0.3, 0.4) is 0 Å². The van der Waals surface area contributed by atoms with Gasteiger partial charge in [-0.25, -0.2) is 8.78 Å². The highest BCUT2D eigenvalue weighted by Gasteiger charge is 2.12. The average Bonchev–Trinajstić information content (AvgIpc) is 1.88. The average molecular weight is 145 g/mol. The lowest BCUT2D eigenvalue weighted by atomic mass is 10.1. The van der Waals surface area contributed by atoms with Crippen LogP contribution in [-0.4, -0.2) is 12.6 Å². The summed E-state index contributed by atoms with van der Waals surface area (Å²) in [5, 5.41) is 0. The number of alkyl halides is 2. The van der Waals surface area contributed by atoms with E-state index in [9.17, 15) is 8.78 Å². The number of nitrogens with zero attached hydrogens (tertiary/aromatic N) is 1. The van der Waals surface area contributed by atoms with Crippen molar-refractivity contribution in [2.45, 2.75) is 19.8 Å². The molecule has 0 fully saturated rings. The Balaban J connectivity index is 2.59. The molecule has 1 heterocycles. The normalized spacial score (nSPS) is 25.2. The standard InChI is InChI=1S/C7H9F2N/c1-5-2-3-6(7(8)9)10-4-5/h3-5,7H,2H2,1H3. The third kappa shape index (κ3) is 1.62. The Morgan fingerprint density at radius 2 is 2.40 bits per heavy atom. The fourth-order valence-electron chi connectivity index (χ4n) is 0.779. The number of hydrogen-bond donors (Lipinski definition) is 0. The zero-order valence-corrected chi connectivity index (χ0v) is 5.72. The first-order chi connectivity index (χ1) is 4.70. The quantitative estimate of drug-likeness (QED) is 0.536. The zero-order chi connectivity index (χ0) is 7.56. The first-order valence-electron chi connectivity index (χ1n) is 3.22. The van der Waals surface area contributed by atoms with Crippen LogP contribution < -0.4 is 0 Å². The predicted octanol–water partition coefficient (Wildman–Crippen LogP) is 2.25. The SMILES string of the molecule is CC1C=NC(C(F)F)=CC1. The van der Waals surface area contributed by atoms with Gasteiger partial charge in [-0.15, -0.1) is 0 Å². The Hall–Kier alpha value is -0.730. The van der Waals surface area contributed by atoms with Gasteiger partial charge in [0.05, 0.1) is 0 Å². The monoisotopic (exact) mass is 145 g/mol. The molecule has 0 bridgehead atoms. The second kappa shape index (κ2) is 2.90. The number of halogens is 2. The van der Waals surface area contributed by atoms with Crippen molar-refractivity contribution in [3.05, 3.63) is 11.8 Å². The van der Waals surface area contributed by atoms with Crippen molar-refractivity contribution in [3.8, 4) is 0 Å². The molecule has 0 aromatic rings. The third-order valence-electron chi connectivity index (χ3n) is 1.40. The molecule has 0 spiro atoms. The first kappa shape index (κ1) is 7.38. The molecule has 56 valence electrons. The van der Waals surface area contributed by atoms with Crippen LogP contribution in [0.25, 0.3) is 0 Å². The molecule has 1 atom stereocenters. The molecule has 10 heavy (non-hydrogen) atoms. The van der Waals surface area contributed by atoms with Gasteiger partial charge in [-0.1, -0.05) is 13.0 Å². The second-order valence-electron chi connectivity index (χ2n) is 2.42. The van der Waals surface area contributed by atoms with Crippen molar-refractivity contribution >= 4 is 6.21 Å². The van der Waals surface area contributed by atoms with Crippen LogP contribution in [-0.2, 0) is 0 Å². The fourth-order valence-corrected chi connectivity index (χ4v) is 0.779. The highest BCUT2D eigenvalue weighted by Crippen LogP contribution is 2.17. The van der Waals surface area contributed by atoms with Crippen LogP contribution in [0.5, 0.6) is 0 Å². The van der Waals surface area contributed by atoms with Crippen LogP contribution in [0.4, 0.5) is 8.78 Å². The molecular formula is C7H9F2N. The van der Waals surface area contributed by atoms with Crippen molar-refractivity contribution < 1.29 is 8.78 Å². The van der Waals surface area contributed by atoms with E-state index in [2.05, 4.69) is 4.99 Å². The number of hydrogen-bond acceptors (Lipinski definition) is 1. The molecule has 1 aliphatic heterocycles. The summed E-state index contributed by atoms with van der Waals surface area (Å²) in [5.74, 6) is 0.308. The lowest BCUT2D eigenvalue weighted by Gasteiger charge is -2.09. The van der Waals surface area contributed by atoms with E-state index in [0.717, 1.165) is 0 Å². The van der Waals surface area contributed by atoms with Crippen molar-refractivity contribution in [1.29, 1.82) is 0 Å². The zero-order valence-electron chi connectivity index (χ0n) is 5.72. The molecule has 0 amide bonds. The maximum absolute atomic E-state index is 11.9. The van der Waals surface area contributed by atoms with E-state index in [4.69, 9.17) is 0 Å². The van der Waals surface area contributed by atoms with Gasteiger partial charge in [-0.05, 0) is 12.3 Å². The van der Waals surface area contributed by atoms with Gasteiger partial charge in [0, 0.05) is 6.21 Å². The first-order valence-corrected chi connectivity index (χ1v) is 3.22.